The van der Waals surface area contributed by atoms with E-state index in [1.54, 1.807) is 0 Å². The fourth-order valence-electron chi connectivity index (χ4n) is 3.05. The van der Waals surface area contributed by atoms with Crippen LogP contribution >= 0.6 is 0 Å². The molecular formula is C26H38N4O4. The molecule has 8 heteroatoms. The normalized spacial score (nSPS) is 10.9. The summed E-state index contributed by atoms with van der Waals surface area (Å²) in [5.41, 5.74) is 3.96. The summed E-state index contributed by atoms with van der Waals surface area (Å²) < 4.78 is 10.9. The van der Waals surface area contributed by atoms with Gasteiger partial charge in [-0.15, -0.1) is 0 Å². The lowest BCUT2D eigenvalue weighted by Gasteiger charge is -2.11. The van der Waals surface area contributed by atoms with Crippen molar-refractivity contribution in [1.82, 2.24) is 10.6 Å². The molecule has 0 heterocycles. The van der Waals surface area contributed by atoms with Crippen LogP contribution < -0.4 is 21.3 Å². The second-order valence-corrected chi connectivity index (χ2v) is 8.54. The standard InChI is InChI=1S/C26H38N4O4/c1-19(2)21-5-9-23(10-6-21)29-25(31)27-13-15-33-17-18-34-16-14-28-26(32)30-24-11-7-22(8-12-24)20(3)4/h5-12,19-20H,13-18H2,1-4H3,(H2,27,29,31)(H2,28,30,32). The molecular weight excluding hydrogens is 432 g/mol. The summed E-state index contributed by atoms with van der Waals surface area (Å²) in [6.07, 6.45) is 0. The molecule has 0 unspecified atom stereocenters. The molecule has 0 radical (unpaired) electrons. The average molecular weight is 471 g/mol. The highest BCUT2D eigenvalue weighted by molar-refractivity contribution is 5.89. The van der Waals surface area contributed by atoms with Crippen molar-refractivity contribution in [3.63, 3.8) is 0 Å². The van der Waals surface area contributed by atoms with Gasteiger partial charge in [0.25, 0.3) is 0 Å². The molecule has 0 atom stereocenters. The Hall–Kier alpha value is -3.10. The molecule has 0 aliphatic rings. The van der Waals surface area contributed by atoms with Crippen LogP contribution in [0.4, 0.5) is 21.0 Å². The van der Waals surface area contributed by atoms with Crippen molar-refractivity contribution >= 4 is 23.4 Å². The molecule has 0 aromatic heterocycles. The number of hydrogen-bond donors (Lipinski definition) is 4. The third-order valence-corrected chi connectivity index (χ3v) is 5.11. The van der Waals surface area contributed by atoms with Crippen molar-refractivity contribution in [3.05, 3.63) is 59.7 Å². The molecule has 2 aromatic carbocycles. The van der Waals surface area contributed by atoms with Gasteiger partial charge in [0.2, 0.25) is 0 Å². The third-order valence-electron chi connectivity index (χ3n) is 5.11. The minimum Gasteiger partial charge on any atom is -0.377 e. The summed E-state index contributed by atoms with van der Waals surface area (Å²) in [5, 5.41) is 11.1. The van der Waals surface area contributed by atoms with Crippen LogP contribution in [0.3, 0.4) is 0 Å². The highest BCUT2D eigenvalue weighted by Gasteiger charge is 2.04. The number of amides is 4. The Bertz CT molecular complexity index is 794. The molecule has 0 saturated carbocycles. The summed E-state index contributed by atoms with van der Waals surface area (Å²) in [4.78, 5) is 23.8. The molecule has 4 amide bonds. The molecule has 0 aliphatic carbocycles. The van der Waals surface area contributed by atoms with Gasteiger partial charge in [0.15, 0.2) is 0 Å². The minimum atomic E-state index is -0.266. The van der Waals surface area contributed by atoms with E-state index in [-0.39, 0.29) is 12.1 Å². The predicted octanol–water partition coefficient (Wildman–Crippen LogP) is 4.91. The summed E-state index contributed by atoms with van der Waals surface area (Å²) in [5.74, 6) is 0.913. The first kappa shape index (κ1) is 27.1. The van der Waals surface area contributed by atoms with Gasteiger partial charge in [-0.3, -0.25) is 0 Å². The molecule has 34 heavy (non-hydrogen) atoms. The maximum atomic E-state index is 11.9. The molecule has 4 N–H and O–H groups in total. The van der Waals surface area contributed by atoms with Crippen LogP contribution in [0, 0.1) is 0 Å². The van der Waals surface area contributed by atoms with Crippen LogP contribution in [0.2, 0.25) is 0 Å². The zero-order chi connectivity index (χ0) is 24.8. The van der Waals surface area contributed by atoms with Gasteiger partial charge < -0.3 is 30.7 Å². The molecule has 0 bridgehead atoms. The van der Waals surface area contributed by atoms with Crippen LogP contribution in [0.1, 0.15) is 50.7 Å². The van der Waals surface area contributed by atoms with Crippen LogP contribution in [0.5, 0.6) is 0 Å². The lowest BCUT2D eigenvalue weighted by Crippen LogP contribution is -2.32. The largest absolute Gasteiger partial charge is 0.377 e. The van der Waals surface area contributed by atoms with Crippen LogP contribution in [0.25, 0.3) is 0 Å². The number of carbonyl (C=O) groups excluding carboxylic acids is 2. The Morgan fingerprint density at radius 1 is 0.618 bits per heavy atom. The fourth-order valence-corrected chi connectivity index (χ4v) is 3.05. The van der Waals surface area contributed by atoms with E-state index in [4.69, 9.17) is 9.47 Å². The van der Waals surface area contributed by atoms with Gasteiger partial charge in [0.1, 0.15) is 0 Å². The molecule has 2 rings (SSSR count). The van der Waals surface area contributed by atoms with Crippen molar-refractivity contribution in [1.29, 1.82) is 0 Å². The van der Waals surface area contributed by atoms with Crippen molar-refractivity contribution in [3.8, 4) is 0 Å². The monoisotopic (exact) mass is 470 g/mol. The van der Waals surface area contributed by atoms with Crippen LogP contribution in [-0.2, 0) is 9.47 Å². The number of rotatable bonds is 13. The zero-order valence-corrected chi connectivity index (χ0v) is 20.6. The lowest BCUT2D eigenvalue weighted by molar-refractivity contribution is 0.0512. The Morgan fingerprint density at radius 3 is 1.29 bits per heavy atom. The summed E-state index contributed by atoms with van der Waals surface area (Å²) in [6.45, 7) is 10.9. The van der Waals surface area contributed by atoms with Crippen LogP contribution in [-0.4, -0.2) is 51.6 Å². The molecule has 2 aromatic rings. The van der Waals surface area contributed by atoms with E-state index in [0.29, 0.717) is 51.4 Å². The van der Waals surface area contributed by atoms with Crippen LogP contribution in [0.15, 0.2) is 48.5 Å². The van der Waals surface area contributed by atoms with Gasteiger partial charge in [-0.1, -0.05) is 52.0 Å². The zero-order valence-electron chi connectivity index (χ0n) is 20.6. The van der Waals surface area contributed by atoms with Gasteiger partial charge in [0.05, 0.1) is 26.4 Å². The number of carbonyl (C=O) groups is 2. The number of anilines is 2. The second-order valence-electron chi connectivity index (χ2n) is 8.54. The lowest BCUT2D eigenvalue weighted by atomic mass is 10.0. The molecule has 8 nitrogen and oxygen atoms in total. The van der Waals surface area contributed by atoms with Crippen molar-refractivity contribution in [2.75, 3.05) is 50.2 Å². The first-order chi connectivity index (χ1) is 16.3. The average Bonchev–Trinajstić information content (AvgIpc) is 2.81. The Labute approximate surface area is 202 Å². The van der Waals surface area contributed by atoms with Crippen molar-refractivity contribution < 1.29 is 19.1 Å². The predicted molar refractivity (Wildman–Crippen MR) is 137 cm³/mol. The Balaban J connectivity index is 1.43. The molecule has 0 aliphatic heterocycles. The highest BCUT2D eigenvalue weighted by atomic mass is 16.5. The topological polar surface area (TPSA) is 101 Å². The molecule has 0 fully saturated rings. The summed E-state index contributed by atoms with van der Waals surface area (Å²) >= 11 is 0. The molecule has 0 spiro atoms. The van der Waals surface area contributed by atoms with Gasteiger partial charge >= 0.3 is 12.1 Å². The molecule has 186 valence electrons. The van der Waals surface area contributed by atoms with Gasteiger partial charge in [0, 0.05) is 24.5 Å². The first-order valence-electron chi connectivity index (χ1n) is 11.8. The maximum Gasteiger partial charge on any atom is 0.319 e. The highest BCUT2D eigenvalue weighted by Crippen LogP contribution is 2.17. The van der Waals surface area contributed by atoms with E-state index in [2.05, 4.69) is 49.0 Å². The van der Waals surface area contributed by atoms with E-state index in [1.165, 1.54) is 11.1 Å². The number of ether oxygens (including phenoxy) is 2. The minimum absolute atomic E-state index is 0.266. The van der Waals surface area contributed by atoms with E-state index >= 15 is 0 Å². The third kappa shape index (κ3) is 10.7. The molecule has 0 saturated heterocycles. The van der Waals surface area contributed by atoms with E-state index < -0.39 is 0 Å². The summed E-state index contributed by atoms with van der Waals surface area (Å²) in [6, 6.07) is 15.1. The van der Waals surface area contributed by atoms with E-state index in [0.717, 1.165) is 11.4 Å². The van der Waals surface area contributed by atoms with E-state index in [1.807, 2.05) is 48.5 Å². The van der Waals surface area contributed by atoms with Crippen molar-refractivity contribution in [2.24, 2.45) is 0 Å². The quantitative estimate of drug-likeness (QED) is 0.313. The van der Waals surface area contributed by atoms with Crippen molar-refractivity contribution in [2.45, 2.75) is 39.5 Å². The Morgan fingerprint density at radius 2 is 0.971 bits per heavy atom. The van der Waals surface area contributed by atoms with Gasteiger partial charge in [-0.2, -0.15) is 0 Å². The van der Waals surface area contributed by atoms with Gasteiger partial charge in [-0.25, -0.2) is 9.59 Å². The van der Waals surface area contributed by atoms with Gasteiger partial charge in [-0.05, 0) is 47.2 Å². The SMILES string of the molecule is CC(C)c1ccc(NC(=O)NCCOCCOCCNC(=O)Nc2ccc(C(C)C)cc2)cc1. The smallest absolute Gasteiger partial charge is 0.319 e. The number of nitrogens with one attached hydrogen (secondary N) is 4. The fraction of sp³-hybridized carbons (Fsp3) is 0.462. The number of urea groups is 2. The second kappa shape index (κ2) is 14.9. The van der Waals surface area contributed by atoms with E-state index in [9.17, 15) is 9.59 Å². The maximum absolute atomic E-state index is 11.9. The number of benzene rings is 2. The number of hydrogen-bond acceptors (Lipinski definition) is 4. The first-order valence-corrected chi connectivity index (χ1v) is 11.8. The Kier molecular flexibility index (Phi) is 11.9. The summed E-state index contributed by atoms with van der Waals surface area (Å²) in [7, 11) is 0.